The molecule has 2 nitrogen and oxygen atoms in total. The second-order valence-electron chi connectivity index (χ2n) is 4.42. The van der Waals surface area contributed by atoms with Crippen molar-refractivity contribution in [3.8, 4) is 0 Å². The predicted molar refractivity (Wildman–Crippen MR) is 61.9 cm³/mol. The summed E-state index contributed by atoms with van der Waals surface area (Å²) in [5.41, 5.74) is 6.16. The van der Waals surface area contributed by atoms with Crippen molar-refractivity contribution < 1.29 is 4.79 Å². The molecule has 0 fully saturated rings. The molecule has 0 saturated carbocycles. The van der Waals surface area contributed by atoms with Crippen LogP contribution in [0, 0.1) is 5.41 Å². The van der Waals surface area contributed by atoms with E-state index in [0.29, 0.717) is 10.6 Å². The SMILES string of the molecule is CCc1cc(C(=O)C(C)(C)C)c(N)s1. The monoisotopic (exact) mass is 211 g/mol. The Morgan fingerprint density at radius 2 is 2.07 bits per heavy atom. The Labute approximate surface area is 89.1 Å². The van der Waals surface area contributed by atoms with Gasteiger partial charge in [-0.2, -0.15) is 0 Å². The normalized spacial score (nSPS) is 11.7. The van der Waals surface area contributed by atoms with E-state index in [0.717, 1.165) is 6.42 Å². The van der Waals surface area contributed by atoms with E-state index in [1.807, 2.05) is 26.8 Å². The van der Waals surface area contributed by atoms with Gasteiger partial charge in [0.2, 0.25) is 0 Å². The van der Waals surface area contributed by atoms with Gasteiger partial charge in [0, 0.05) is 10.3 Å². The van der Waals surface area contributed by atoms with Crippen molar-refractivity contribution in [1.29, 1.82) is 0 Å². The molecule has 1 heterocycles. The zero-order valence-corrected chi connectivity index (χ0v) is 9.99. The molecule has 0 saturated heterocycles. The summed E-state index contributed by atoms with van der Waals surface area (Å²) in [6.45, 7) is 7.81. The molecule has 0 aliphatic carbocycles. The number of aryl methyl sites for hydroxylation is 1. The van der Waals surface area contributed by atoms with E-state index in [9.17, 15) is 4.79 Å². The van der Waals surface area contributed by atoms with Crippen molar-refractivity contribution in [3.05, 3.63) is 16.5 Å². The lowest BCUT2D eigenvalue weighted by atomic mass is 9.87. The molecule has 0 aromatic carbocycles. The maximum Gasteiger partial charge on any atom is 0.171 e. The third kappa shape index (κ3) is 2.15. The van der Waals surface area contributed by atoms with Crippen LogP contribution in [0.3, 0.4) is 0 Å². The third-order valence-corrected chi connectivity index (χ3v) is 3.19. The van der Waals surface area contributed by atoms with Crippen LogP contribution < -0.4 is 5.73 Å². The Balaban J connectivity index is 3.07. The van der Waals surface area contributed by atoms with Gasteiger partial charge in [-0.15, -0.1) is 11.3 Å². The second-order valence-corrected chi connectivity index (χ2v) is 5.59. The van der Waals surface area contributed by atoms with Crippen molar-refractivity contribution in [2.75, 3.05) is 5.73 Å². The highest BCUT2D eigenvalue weighted by atomic mass is 32.1. The molecule has 0 aliphatic rings. The number of carbonyl (C=O) groups is 1. The van der Waals surface area contributed by atoms with Gasteiger partial charge in [0.15, 0.2) is 5.78 Å². The molecule has 0 aliphatic heterocycles. The largest absolute Gasteiger partial charge is 0.390 e. The summed E-state index contributed by atoms with van der Waals surface area (Å²) in [7, 11) is 0. The quantitative estimate of drug-likeness (QED) is 0.764. The fraction of sp³-hybridized carbons (Fsp3) is 0.545. The van der Waals surface area contributed by atoms with Crippen molar-refractivity contribution in [2.45, 2.75) is 34.1 Å². The van der Waals surface area contributed by atoms with E-state index < -0.39 is 0 Å². The number of nitrogen functional groups attached to an aromatic ring is 1. The first-order valence-corrected chi connectivity index (χ1v) is 5.61. The van der Waals surface area contributed by atoms with Crippen LogP contribution in [0.5, 0.6) is 0 Å². The van der Waals surface area contributed by atoms with E-state index in [2.05, 4.69) is 6.92 Å². The Morgan fingerprint density at radius 1 is 1.50 bits per heavy atom. The van der Waals surface area contributed by atoms with Gasteiger partial charge in [0.1, 0.15) is 0 Å². The van der Waals surface area contributed by atoms with Gasteiger partial charge in [-0.25, -0.2) is 0 Å². The minimum atomic E-state index is -0.347. The van der Waals surface area contributed by atoms with Crippen LogP contribution in [0.15, 0.2) is 6.07 Å². The van der Waals surface area contributed by atoms with Gasteiger partial charge >= 0.3 is 0 Å². The predicted octanol–water partition coefficient (Wildman–Crippen LogP) is 3.12. The topological polar surface area (TPSA) is 43.1 Å². The number of carbonyl (C=O) groups excluding carboxylic acids is 1. The molecule has 0 spiro atoms. The minimum absolute atomic E-state index is 0.131. The average Bonchev–Trinajstić information content (AvgIpc) is 2.43. The van der Waals surface area contributed by atoms with E-state index in [1.54, 1.807) is 0 Å². The Kier molecular flexibility index (Phi) is 3.00. The first-order chi connectivity index (χ1) is 6.36. The van der Waals surface area contributed by atoms with E-state index in [1.165, 1.54) is 16.2 Å². The standard InChI is InChI=1S/C11H17NOS/c1-5-7-6-8(10(12)14-7)9(13)11(2,3)4/h6H,5,12H2,1-4H3. The van der Waals surface area contributed by atoms with Crippen LogP contribution in [0.1, 0.15) is 42.9 Å². The van der Waals surface area contributed by atoms with Gasteiger partial charge in [0.05, 0.1) is 10.6 Å². The second kappa shape index (κ2) is 3.73. The molecule has 1 aromatic rings. The van der Waals surface area contributed by atoms with Crippen molar-refractivity contribution in [3.63, 3.8) is 0 Å². The van der Waals surface area contributed by atoms with Crippen molar-refractivity contribution in [2.24, 2.45) is 5.41 Å². The van der Waals surface area contributed by atoms with Crippen LogP contribution in [-0.2, 0) is 6.42 Å². The molecule has 0 unspecified atom stereocenters. The fourth-order valence-electron chi connectivity index (χ4n) is 1.21. The average molecular weight is 211 g/mol. The Morgan fingerprint density at radius 3 is 2.43 bits per heavy atom. The lowest BCUT2D eigenvalue weighted by molar-refractivity contribution is 0.0859. The highest BCUT2D eigenvalue weighted by Gasteiger charge is 2.25. The number of hydrogen-bond acceptors (Lipinski definition) is 3. The van der Waals surface area contributed by atoms with Crippen LogP contribution >= 0.6 is 11.3 Å². The number of rotatable bonds is 2. The lowest BCUT2D eigenvalue weighted by Crippen LogP contribution is -2.20. The molecule has 0 bridgehead atoms. The number of anilines is 1. The molecular formula is C11H17NOS. The summed E-state index contributed by atoms with van der Waals surface area (Å²) < 4.78 is 0. The lowest BCUT2D eigenvalue weighted by Gasteiger charge is -2.15. The third-order valence-electron chi connectivity index (χ3n) is 2.09. The molecule has 78 valence electrons. The number of Topliss-reactive ketones (excluding diaryl/α,β-unsaturated/α-hetero) is 1. The first kappa shape index (κ1) is 11.2. The number of ketones is 1. The zero-order chi connectivity index (χ0) is 10.9. The van der Waals surface area contributed by atoms with Crippen LogP contribution in [0.4, 0.5) is 5.00 Å². The van der Waals surface area contributed by atoms with Gasteiger partial charge in [-0.1, -0.05) is 27.7 Å². The van der Waals surface area contributed by atoms with Crippen molar-refractivity contribution in [1.82, 2.24) is 0 Å². The molecule has 0 atom stereocenters. The zero-order valence-electron chi connectivity index (χ0n) is 9.18. The van der Waals surface area contributed by atoms with Crippen LogP contribution in [-0.4, -0.2) is 5.78 Å². The molecule has 1 aromatic heterocycles. The molecule has 2 N–H and O–H groups in total. The molecule has 0 radical (unpaired) electrons. The highest BCUT2D eigenvalue weighted by Crippen LogP contribution is 2.31. The fourth-order valence-corrected chi connectivity index (χ4v) is 2.08. The maximum absolute atomic E-state index is 11.9. The molecular weight excluding hydrogens is 194 g/mol. The number of nitrogens with two attached hydrogens (primary N) is 1. The van der Waals surface area contributed by atoms with Gasteiger partial charge in [-0.05, 0) is 12.5 Å². The van der Waals surface area contributed by atoms with Gasteiger partial charge in [-0.3, -0.25) is 4.79 Å². The number of hydrogen-bond donors (Lipinski definition) is 1. The van der Waals surface area contributed by atoms with Crippen molar-refractivity contribution >= 4 is 22.1 Å². The van der Waals surface area contributed by atoms with E-state index in [-0.39, 0.29) is 11.2 Å². The molecule has 14 heavy (non-hydrogen) atoms. The van der Waals surface area contributed by atoms with E-state index in [4.69, 9.17) is 5.73 Å². The van der Waals surface area contributed by atoms with E-state index >= 15 is 0 Å². The highest BCUT2D eigenvalue weighted by molar-refractivity contribution is 7.16. The van der Waals surface area contributed by atoms with Gasteiger partial charge < -0.3 is 5.73 Å². The summed E-state index contributed by atoms with van der Waals surface area (Å²) >= 11 is 1.52. The Hall–Kier alpha value is -0.830. The maximum atomic E-state index is 11.9. The molecule has 1 rings (SSSR count). The van der Waals surface area contributed by atoms with Crippen LogP contribution in [0.25, 0.3) is 0 Å². The summed E-state index contributed by atoms with van der Waals surface area (Å²) in [4.78, 5) is 13.1. The van der Waals surface area contributed by atoms with Crippen LogP contribution in [0.2, 0.25) is 0 Å². The Bertz CT molecular complexity index is 347. The summed E-state index contributed by atoms with van der Waals surface area (Å²) in [5.74, 6) is 0.131. The number of thiophene rings is 1. The minimum Gasteiger partial charge on any atom is -0.390 e. The first-order valence-electron chi connectivity index (χ1n) is 4.79. The molecule has 0 amide bonds. The summed E-state index contributed by atoms with van der Waals surface area (Å²) in [6, 6.07) is 1.92. The summed E-state index contributed by atoms with van der Waals surface area (Å²) in [5, 5.41) is 0.654. The van der Waals surface area contributed by atoms with Gasteiger partial charge in [0.25, 0.3) is 0 Å². The smallest absolute Gasteiger partial charge is 0.171 e. The molecule has 3 heteroatoms. The summed E-state index contributed by atoms with van der Waals surface area (Å²) in [6.07, 6.45) is 0.937.